The van der Waals surface area contributed by atoms with E-state index in [1.165, 1.54) is 10.4 Å². The predicted octanol–water partition coefficient (Wildman–Crippen LogP) is 4.30. The van der Waals surface area contributed by atoms with Gasteiger partial charge < -0.3 is 14.7 Å². The van der Waals surface area contributed by atoms with Crippen LogP contribution in [0.15, 0.2) is 72.8 Å². The lowest BCUT2D eigenvalue weighted by Crippen LogP contribution is -2.51. The molecule has 1 saturated heterocycles. The predicted molar refractivity (Wildman–Crippen MR) is 154 cm³/mol. The summed E-state index contributed by atoms with van der Waals surface area (Å²) in [6.07, 6.45) is 0.795. The number of aromatic nitrogens is 4. The van der Waals surface area contributed by atoms with Gasteiger partial charge in [-0.1, -0.05) is 66.7 Å². The van der Waals surface area contributed by atoms with Crippen molar-refractivity contribution in [2.24, 2.45) is 0 Å². The molecule has 0 radical (unpaired) electrons. The van der Waals surface area contributed by atoms with Crippen LogP contribution in [0.5, 0.6) is 5.75 Å². The number of hydrogen-bond acceptors (Lipinski definition) is 8. The summed E-state index contributed by atoms with van der Waals surface area (Å²) in [5.41, 5.74) is 5.16. The highest BCUT2D eigenvalue weighted by molar-refractivity contribution is 5.69. The van der Waals surface area contributed by atoms with Crippen LogP contribution in [0.25, 0.3) is 11.4 Å². The summed E-state index contributed by atoms with van der Waals surface area (Å²) < 4.78 is 5.00. The molecule has 2 heterocycles. The molecule has 0 spiro atoms. The molecule has 1 aliphatic heterocycles. The van der Waals surface area contributed by atoms with E-state index in [0.717, 1.165) is 48.6 Å². The second-order valence-electron chi connectivity index (χ2n) is 10.1. The zero-order chi connectivity index (χ0) is 27.9. The van der Waals surface area contributed by atoms with Crippen molar-refractivity contribution in [3.05, 3.63) is 89.5 Å². The number of hydrogen-bond donors (Lipinski definition) is 1. The highest BCUT2D eigenvalue weighted by atomic mass is 16.5. The number of tetrazole rings is 1. The lowest BCUT2D eigenvalue weighted by molar-refractivity contribution is -0.143. The number of anilines is 1. The van der Waals surface area contributed by atoms with Gasteiger partial charge in [-0.2, -0.15) is 4.80 Å². The van der Waals surface area contributed by atoms with E-state index < -0.39 is 0 Å². The van der Waals surface area contributed by atoms with Gasteiger partial charge in [0.2, 0.25) is 5.82 Å². The number of piperazine rings is 1. The Bertz CT molecular complexity index is 1420. The van der Waals surface area contributed by atoms with Crippen molar-refractivity contribution < 1.29 is 14.6 Å². The Hall–Kier alpha value is -4.24. The Balaban J connectivity index is 1.33. The molecular formula is C31H36N6O3. The van der Waals surface area contributed by atoms with E-state index in [1.807, 2.05) is 30.3 Å². The van der Waals surface area contributed by atoms with E-state index in [9.17, 15) is 9.90 Å². The van der Waals surface area contributed by atoms with Crippen molar-refractivity contribution in [3.8, 4) is 17.1 Å². The van der Waals surface area contributed by atoms with Crippen molar-refractivity contribution in [2.75, 3.05) is 31.1 Å². The van der Waals surface area contributed by atoms with E-state index in [1.54, 1.807) is 13.0 Å². The van der Waals surface area contributed by atoms with Gasteiger partial charge >= 0.3 is 5.97 Å². The molecule has 1 atom stereocenters. The summed E-state index contributed by atoms with van der Waals surface area (Å²) in [6, 6.07) is 24.5. The maximum Gasteiger partial charge on any atom is 0.307 e. The molecule has 4 aromatic rings. The van der Waals surface area contributed by atoms with Crippen molar-refractivity contribution in [1.29, 1.82) is 0 Å². The molecule has 1 fully saturated rings. The highest BCUT2D eigenvalue weighted by Gasteiger charge is 2.27. The molecule has 40 heavy (non-hydrogen) atoms. The van der Waals surface area contributed by atoms with Gasteiger partial charge in [-0.3, -0.25) is 9.69 Å². The van der Waals surface area contributed by atoms with Crippen molar-refractivity contribution in [3.63, 3.8) is 0 Å². The first kappa shape index (κ1) is 27.3. The fourth-order valence-electron chi connectivity index (χ4n) is 5.37. The van der Waals surface area contributed by atoms with Crippen LogP contribution in [0.3, 0.4) is 0 Å². The first-order chi connectivity index (χ1) is 19.5. The van der Waals surface area contributed by atoms with Crippen molar-refractivity contribution >= 4 is 11.7 Å². The molecule has 0 saturated carbocycles. The van der Waals surface area contributed by atoms with E-state index in [0.29, 0.717) is 31.1 Å². The van der Waals surface area contributed by atoms with Crippen LogP contribution in [-0.2, 0) is 29.0 Å². The fraction of sp³-hybridized carbons (Fsp3) is 0.355. The third kappa shape index (κ3) is 6.48. The number of carbonyl (C=O) groups excluding carboxylic acids is 1. The smallest absolute Gasteiger partial charge is 0.307 e. The minimum Gasteiger partial charge on any atom is -0.506 e. The molecule has 9 heteroatoms. The van der Waals surface area contributed by atoms with E-state index >= 15 is 0 Å². The number of benzene rings is 3. The van der Waals surface area contributed by atoms with Gasteiger partial charge in [0, 0.05) is 44.2 Å². The van der Waals surface area contributed by atoms with Crippen LogP contribution in [-0.4, -0.2) is 68.5 Å². The van der Waals surface area contributed by atoms with Gasteiger partial charge in [0.05, 0.1) is 25.3 Å². The van der Waals surface area contributed by atoms with Crippen LogP contribution < -0.4 is 4.90 Å². The van der Waals surface area contributed by atoms with Gasteiger partial charge in [-0.15, -0.1) is 10.2 Å². The number of esters is 1. The lowest BCUT2D eigenvalue weighted by Gasteiger charge is -2.42. The van der Waals surface area contributed by atoms with Crippen LogP contribution in [0, 0.1) is 0 Å². The Morgan fingerprint density at radius 3 is 2.58 bits per heavy atom. The molecule has 0 amide bonds. The summed E-state index contributed by atoms with van der Waals surface area (Å²) in [7, 11) is 0. The number of para-hydroxylation sites is 1. The minimum atomic E-state index is -0.284. The minimum absolute atomic E-state index is 0.189. The third-order valence-corrected chi connectivity index (χ3v) is 7.26. The number of aromatic hydroxyl groups is 1. The summed E-state index contributed by atoms with van der Waals surface area (Å²) >= 11 is 0. The monoisotopic (exact) mass is 540 g/mol. The summed E-state index contributed by atoms with van der Waals surface area (Å²) in [4.78, 5) is 18.0. The highest BCUT2D eigenvalue weighted by Crippen LogP contribution is 2.36. The third-order valence-electron chi connectivity index (χ3n) is 7.26. The number of aryl methyl sites for hydroxylation is 1. The quantitative estimate of drug-likeness (QED) is 0.298. The molecule has 3 aromatic carbocycles. The Morgan fingerprint density at radius 2 is 1.77 bits per heavy atom. The lowest BCUT2D eigenvalue weighted by atomic mass is 9.96. The van der Waals surface area contributed by atoms with Crippen LogP contribution in [0.2, 0.25) is 0 Å². The van der Waals surface area contributed by atoms with Crippen LogP contribution in [0.4, 0.5) is 5.69 Å². The Morgan fingerprint density at radius 1 is 1.00 bits per heavy atom. The number of nitrogens with zero attached hydrogens (tertiary/aromatic N) is 6. The molecule has 0 unspecified atom stereocenters. The zero-order valence-electron chi connectivity index (χ0n) is 23.1. The van der Waals surface area contributed by atoms with Crippen LogP contribution in [0.1, 0.15) is 37.0 Å². The number of carbonyl (C=O) groups is 1. The largest absolute Gasteiger partial charge is 0.506 e. The summed E-state index contributed by atoms with van der Waals surface area (Å²) in [5.74, 6) is 0.513. The van der Waals surface area contributed by atoms with Gasteiger partial charge in [0.25, 0.3) is 0 Å². The molecule has 5 rings (SSSR count). The van der Waals surface area contributed by atoms with Crippen molar-refractivity contribution in [1.82, 2.24) is 25.1 Å². The molecule has 0 bridgehead atoms. The van der Waals surface area contributed by atoms with Gasteiger partial charge in [-0.05, 0) is 41.8 Å². The van der Waals surface area contributed by atoms with Gasteiger partial charge in [-0.25, -0.2) is 0 Å². The number of phenolic OH excluding ortho intramolecular Hbond substituents is 1. The second kappa shape index (κ2) is 12.7. The molecule has 1 aromatic heterocycles. The van der Waals surface area contributed by atoms with Gasteiger partial charge in [0.1, 0.15) is 5.75 Å². The van der Waals surface area contributed by atoms with E-state index in [2.05, 4.69) is 68.5 Å². The average molecular weight is 541 g/mol. The maximum atomic E-state index is 11.7. The summed E-state index contributed by atoms with van der Waals surface area (Å²) in [5, 5.41) is 24.0. The molecule has 1 N–H and O–H groups in total. The molecule has 1 aliphatic rings. The molecular weight excluding hydrogens is 504 g/mol. The van der Waals surface area contributed by atoms with Crippen molar-refractivity contribution in [2.45, 2.75) is 45.8 Å². The normalized spacial score (nSPS) is 15.8. The topological polar surface area (TPSA) is 96.6 Å². The number of rotatable bonds is 10. The SMILES string of the molecule is CCOC(=O)CCn1nnc(-c2ccccc2Cc2cccc(O)c2N2CCN(Cc3ccccc3)C[C@@H]2C)n1. The Kier molecular flexibility index (Phi) is 8.71. The fourth-order valence-corrected chi connectivity index (χ4v) is 5.37. The zero-order valence-corrected chi connectivity index (χ0v) is 23.1. The van der Waals surface area contributed by atoms with Gasteiger partial charge in [0.15, 0.2) is 0 Å². The van der Waals surface area contributed by atoms with E-state index in [4.69, 9.17) is 4.74 Å². The first-order valence-corrected chi connectivity index (χ1v) is 13.9. The molecule has 208 valence electrons. The molecule has 9 nitrogen and oxygen atoms in total. The van der Waals surface area contributed by atoms with E-state index in [-0.39, 0.29) is 18.4 Å². The summed E-state index contributed by atoms with van der Waals surface area (Å²) in [6.45, 7) is 8.25. The van der Waals surface area contributed by atoms with Crippen LogP contribution >= 0.6 is 0 Å². The first-order valence-electron chi connectivity index (χ1n) is 13.9. The number of ether oxygens (including phenoxy) is 1. The maximum absolute atomic E-state index is 11.7. The number of phenols is 1. The molecule has 0 aliphatic carbocycles. The second-order valence-corrected chi connectivity index (χ2v) is 10.1. The Labute approximate surface area is 235 Å². The average Bonchev–Trinajstić information content (AvgIpc) is 3.43. The standard InChI is InChI=1S/C31H36N6O3/c1-3-40-29(39)16-17-37-33-31(32-34-37)27-14-8-7-12-25(27)20-26-13-9-15-28(38)30(26)36-19-18-35(21-23(36)2)22-24-10-5-4-6-11-24/h4-15,23,38H,3,16-22H2,1-2H3/t23-/m0/s1.